The van der Waals surface area contributed by atoms with Gasteiger partial charge >= 0.3 is 12.0 Å². The monoisotopic (exact) mass is 399 g/mol. The number of aliphatic carboxylic acids is 1. The fraction of sp³-hybridized carbons (Fsp3) is 0.722. The van der Waals surface area contributed by atoms with Crippen LogP contribution in [0.3, 0.4) is 0 Å². The third-order valence-electron chi connectivity index (χ3n) is 5.05. The van der Waals surface area contributed by atoms with Crippen molar-refractivity contribution >= 4 is 35.1 Å². The number of hydrogen-bond donors (Lipinski definition) is 1. The second-order valence-electron chi connectivity index (χ2n) is 8.00. The van der Waals surface area contributed by atoms with Gasteiger partial charge in [-0.2, -0.15) is 11.8 Å². The molecule has 146 valence electrons. The van der Waals surface area contributed by atoms with Crippen LogP contribution in [0, 0.1) is 11.3 Å². The van der Waals surface area contributed by atoms with Gasteiger partial charge in [-0.25, -0.2) is 14.6 Å². The number of thioether (sulfide) groups is 1. The van der Waals surface area contributed by atoms with Gasteiger partial charge in [0.1, 0.15) is 10.5 Å². The van der Waals surface area contributed by atoms with Crippen LogP contribution < -0.4 is 0 Å². The summed E-state index contributed by atoms with van der Waals surface area (Å²) in [5, 5.41) is 13.2. The predicted molar refractivity (Wildman–Crippen MR) is 107 cm³/mol. The highest BCUT2D eigenvalue weighted by atomic mass is 32.2. The average Bonchev–Trinajstić information content (AvgIpc) is 3.08. The lowest BCUT2D eigenvalue weighted by Crippen LogP contribution is -2.66. The van der Waals surface area contributed by atoms with Gasteiger partial charge in [0.15, 0.2) is 0 Å². The van der Waals surface area contributed by atoms with E-state index < -0.39 is 16.9 Å². The average molecular weight is 400 g/mol. The van der Waals surface area contributed by atoms with Crippen molar-refractivity contribution in [3.8, 4) is 0 Å². The number of rotatable bonds is 7. The van der Waals surface area contributed by atoms with Crippen molar-refractivity contribution in [3.63, 3.8) is 0 Å². The van der Waals surface area contributed by atoms with E-state index in [4.69, 9.17) is 0 Å². The minimum atomic E-state index is -1.25. The van der Waals surface area contributed by atoms with E-state index in [-0.39, 0.29) is 11.9 Å². The van der Waals surface area contributed by atoms with Crippen molar-refractivity contribution in [2.75, 3.05) is 19.3 Å². The van der Waals surface area contributed by atoms with Gasteiger partial charge in [-0.1, -0.05) is 34.6 Å². The van der Waals surface area contributed by atoms with Crippen molar-refractivity contribution in [2.24, 2.45) is 11.3 Å². The third-order valence-corrected chi connectivity index (χ3v) is 6.69. The fourth-order valence-corrected chi connectivity index (χ4v) is 5.64. The number of carboxylic acids is 1. The first kappa shape index (κ1) is 21.0. The van der Waals surface area contributed by atoms with Crippen LogP contribution in [0.15, 0.2) is 5.38 Å². The number of hydrogen-bond acceptors (Lipinski definition) is 5. The van der Waals surface area contributed by atoms with E-state index in [1.807, 2.05) is 46.3 Å². The molecule has 0 aliphatic carbocycles. The Morgan fingerprint density at radius 1 is 1.38 bits per heavy atom. The molecule has 1 atom stereocenters. The minimum absolute atomic E-state index is 0.212. The van der Waals surface area contributed by atoms with Crippen LogP contribution in [0.1, 0.15) is 45.3 Å². The zero-order valence-electron chi connectivity index (χ0n) is 16.4. The molecule has 2 rings (SSSR count). The van der Waals surface area contributed by atoms with Crippen LogP contribution >= 0.6 is 23.1 Å². The molecule has 0 spiro atoms. The number of carboxylic acid groups (broad SMARTS) is 1. The SMILES string of the molecule is CSCc1nc(CN2CCN(C(C(=O)O)(C(C)C)C(C)(C)C)C2=O)cs1. The van der Waals surface area contributed by atoms with Crippen molar-refractivity contribution in [1.82, 2.24) is 14.8 Å². The molecule has 6 nitrogen and oxygen atoms in total. The van der Waals surface area contributed by atoms with Gasteiger partial charge in [0.25, 0.3) is 0 Å². The topological polar surface area (TPSA) is 73.7 Å². The van der Waals surface area contributed by atoms with Crippen LogP contribution in [0.4, 0.5) is 4.79 Å². The normalized spacial score (nSPS) is 17.9. The lowest BCUT2D eigenvalue weighted by Gasteiger charge is -2.49. The summed E-state index contributed by atoms with van der Waals surface area (Å²) in [5.74, 6) is -0.285. The smallest absolute Gasteiger partial charge is 0.330 e. The van der Waals surface area contributed by atoms with Crippen LogP contribution in [-0.4, -0.2) is 56.8 Å². The quantitative estimate of drug-likeness (QED) is 0.755. The minimum Gasteiger partial charge on any atom is -0.479 e. The van der Waals surface area contributed by atoms with Crippen LogP contribution in [-0.2, 0) is 17.1 Å². The molecule has 1 aliphatic heterocycles. The van der Waals surface area contributed by atoms with Gasteiger partial charge in [-0.3, -0.25) is 0 Å². The first-order chi connectivity index (χ1) is 12.1. The second kappa shape index (κ2) is 7.76. The van der Waals surface area contributed by atoms with E-state index in [1.54, 1.807) is 32.9 Å². The molecular weight excluding hydrogens is 370 g/mol. The van der Waals surface area contributed by atoms with Gasteiger partial charge < -0.3 is 14.9 Å². The van der Waals surface area contributed by atoms with E-state index in [0.717, 1.165) is 16.5 Å². The summed E-state index contributed by atoms with van der Waals surface area (Å²) in [6, 6.07) is -0.213. The maximum Gasteiger partial charge on any atom is 0.330 e. The Morgan fingerprint density at radius 2 is 2.04 bits per heavy atom. The molecule has 0 saturated carbocycles. The van der Waals surface area contributed by atoms with Crippen molar-refractivity contribution < 1.29 is 14.7 Å². The molecular formula is C18H29N3O3S2. The van der Waals surface area contributed by atoms with Gasteiger partial charge in [0, 0.05) is 24.2 Å². The molecule has 1 fully saturated rings. The molecule has 1 aromatic heterocycles. The summed E-state index contributed by atoms with van der Waals surface area (Å²) >= 11 is 3.32. The predicted octanol–water partition coefficient (Wildman–Crippen LogP) is 3.77. The lowest BCUT2D eigenvalue weighted by molar-refractivity contribution is -0.161. The zero-order chi connectivity index (χ0) is 19.7. The molecule has 2 heterocycles. The molecule has 2 amide bonds. The maximum absolute atomic E-state index is 13.1. The highest BCUT2D eigenvalue weighted by molar-refractivity contribution is 7.97. The van der Waals surface area contributed by atoms with Crippen LogP contribution in [0.5, 0.6) is 0 Å². The van der Waals surface area contributed by atoms with Crippen LogP contribution in [0.2, 0.25) is 0 Å². The molecule has 1 saturated heterocycles. The Labute approximate surface area is 164 Å². The number of nitrogens with zero attached hydrogens (tertiary/aromatic N) is 3. The summed E-state index contributed by atoms with van der Waals surface area (Å²) < 4.78 is 0. The molecule has 0 radical (unpaired) electrons. The van der Waals surface area contributed by atoms with E-state index in [0.29, 0.717) is 19.6 Å². The summed E-state index contributed by atoms with van der Waals surface area (Å²) in [6.45, 7) is 10.8. The van der Waals surface area contributed by atoms with Gasteiger partial charge in [-0.15, -0.1) is 11.3 Å². The second-order valence-corrected chi connectivity index (χ2v) is 9.81. The highest BCUT2D eigenvalue weighted by Crippen LogP contribution is 2.43. The summed E-state index contributed by atoms with van der Waals surface area (Å²) in [4.78, 5) is 33.3. The standard InChI is InChI=1S/C18H29N3O3S2/c1-12(2)18(15(22)23,17(3,4)5)21-8-7-20(16(21)24)9-13-10-26-14(19-13)11-25-6/h10,12H,7-9,11H2,1-6H3,(H,22,23). The molecule has 1 aliphatic rings. The van der Waals surface area contributed by atoms with E-state index in [9.17, 15) is 14.7 Å². The van der Waals surface area contributed by atoms with Crippen molar-refractivity contribution in [3.05, 3.63) is 16.1 Å². The Bertz CT molecular complexity index is 669. The lowest BCUT2D eigenvalue weighted by atomic mass is 9.66. The Kier molecular flexibility index (Phi) is 6.28. The van der Waals surface area contributed by atoms with Gasteiger partial charge in [0.2, 0.25) is 0 Å². The number of aromatic nitrogens is 1. The molecule has 8 heteroatoms. The molecule has 0 aromatic carbocycles. The molecule has 1 aromatic rings. The third kappa shape index (κ3) is 3.58. The van der Waals surface area contributed by atoms with Gasteiger partial charge in [-0.05, 0) is 17.6 Å². The summed E-state index contributed by atoms with van der Waals surface area (Å²) in [7, 11) is 0. The maximum atomic E-state index is 13.1. The number of carbonyl (C=O) groups excluding carboxylic acids is 1. The Hall–Kier alpha value is -1.28. The van der Waals surface area contributed by atoms with E-state index >= 15 is 0 Å². The highest BCUT2D eigenvalue weighted by Gasteiger charge is 2.59. The Morgan fingerprint density at radius 3 is 2.54 bits per heavy atom. The number of amides is 2. The first-order valence-electron chi connectivity index (χ1n) is 8.77. The first-order valence-corrected chi connectivity index (χ1v) is 11.0. The largest absolute Gasteiger partial charge is 0.479 e. The van der Waals surface area contributed by atoms with E-state index in [2.05, 4.69) is 4.98 Å². The number of urea groups is 1. The Balaban J connectivity index is 2.26. The van der Waals surface area contributed by atoms with Crippen molar-refractivity contribution in [2.45, 2.75) is 52.5 Å². The zero-order valence-corrected chi connectivity index (χ0v) is 18.0. The van der Waals surface area contributed by atoms with Crippen LogP contribution in [0.25, 0.3) is 0 Å². The number of carbonyl (C=O) groups is 2. The molecule has 1 N–H and O–H groups in total. The number of thiazole rings is 1. The van der Waals surface area contributed by atoms with E-state index in [1.165, 1.54) is 0 Å². The van der Waals surface area contributed by atoms with Gasteiger partial charge in [0.05, 0.1) is 12.2 Å². The molecule has 26 heavy (non-hydrogen) atoms. The fourth-order valence-electron chi connectivity index (χ4n) is 4.13. The summed E-state index contributed by atoms with van der Waals surface area (Å²) in [6.07, 6.45) is 2.03. The molecule has 0 bridgehead atoms. The van der Waals surface area contributed by atoms with Crippen molar-refractivity contribution in [1.29, 1.82) is 0 Å². The summed E-state index contributed by atoms with van der Waals surface area (Å²) in [5.41, 5.74) is -0.967. The molecule has 1 unspecified atom stereocenters.